The zero-order valence-electron chi connectivity index (χ0n) is 10.9. The normalized spacial score (nSPS) is 21.9. The molecule has 0 radical (unpaired) electrons. The number of rotatable bonds is 3. The van der Waals surface area contributed by atoms with Crippen molar-refractivity contribution in [3.8, 4) is 0 Å². The van der Waals surface area contributed by atoms with E-state index in [0.29, 0.717) is 6.42 Å². The van der Waals surface area contributed by atoms with E-state index in [1.54, 1.807) is 11.6 Å². The van der Waals surface area contributed by atoms with E-state index in [1.165, 1.54) is 12.5 Å². The summed E-state index contributed by atoms with van der Waals surface area (Å²) < 4.78 is 28.6. The lowest BCUT2D eigenvalue weighted by Gasteiger charge is -2.17. The standard InChI is InChI=1S/C13H15N3O3S/c1-16-7-12(14-8-16)20(18,19)15-13-10-5-3-2-4-9(10)6-11(13)17/h2-5,7-8,11,13,15,17H,6H2,1H3/t11-,13+/m1/s1. The number of nitrogens with one attached hydrogen (secondary N) is 1. The number of aliphatic hydroxyl groups is 1. The Bertz CT molecular complexity index is 739. The van der Waals surface area contributed by atoms with Crippen LogP contribution < -0.4 is 4.72 Å². The van der Waals surface area contributed by atoms with Crippen LogP contribution in [-0.4, -0.2) is 29.2 Å². The van der Waals surface area contributed by atoms with E-state index >= 15 is 0 Å². The molecule has 3 rings (SSSR count). The average molecular weight is 293 g/mol. The van der Waals surface area contributed by atoms with Gasteiger partial charge in [0.05, 0.1) is 18.5 Å². The molecule has 1 aliphatic carbocycles. The first-order valence-corrected chi connectivity index (χ1v) is 7.72. The highest BCUT2D eigenvalue weighted by Crippen LogP contribution is 2.32. The van der Waals surface area contributed by atoms with Crippen molar-refractivity contribution in [2.75, 3.05) is 0 Å². The van der Waals surface area contributed by atoms with Gasteiger partial charge in [-0.2, -0.15) is 4.72 Å². The molecule has 7 heteroatoms. The molecule has 20 heavy (non-hydrogen) atoms. The van der Waals surface area contributed by atoms with Crippen LogP contribution in [0.3, 0.4) is 0 Å². The Balaban J connectivity index is 1.92. The number of sulfonamides is 1. The second kappa shape index (κ2) is 4.69. The molecule has 1 aliphatic rings. The Hall–Kier alpha value is -1.70. The minimum Gasteiger partial charge on any atom is -0.391 e. The molecule has 0 fully saturated rings. The second-order valence-corrected chi connectivity index (χ2v) is 6.61. The largest absolute Gasteiger partial charge is 0.391 e. The molecule has 1 aromatic carbocycles. The smallest absolute Gasteiger partial charge is 0.260 e. The van der Waals surface area contributed by atoms with E-state index < -0.39 is 22.2 Å². The third kappa shape index (κ3) is 2.24. The fourth-order valence-electron chi connectivity index (χ4n) is 2.47. The third-order valence-electron chi connectivity index (χ3n) is 3.44. The molecular weight excluding hydrogens is 278 g/mol. The number of imidazole rings is 1. The first-order chi connectivity index (χ1) is 9.47. The van der Waals surface area contributed by atoms with Gasteiger partial charge in [-0.3, -0.25) is 0 Å². The van der Waals surface area contributed by atoms with Crippen molar-refractivity contribution in [3.05, 3.63) is 47.9 Å². The third-order valence-corrected chi connectivity index (χ3v) is 4.77. The highest BCUT2D eigenvalue weighted by Gasteiger charge is 2.34. The molecule has 2 atom stereocenters. The summed E-state index contributed by atoms with van der Waals surface area (Å²) in [5.41, 5.74) is 1.79. The lowest BCUT2D eigenvalue weighted by molar-refractivity contribution is 0.151. The van der Waals surface area contributed by atoms with E-state index in [1.807, 2.05) is 24.3 Å². The van der Waals surface area contributed by atoms with Crippen LogP contribution in [0.25, 0.3) is 0 Å². The molecule has 0 aliphatic heterocycles. The van der Waals surface area contributed by atoms with Gasteiger partial charge in [0.2, 0.25) is 0 Å². The summed E-state index contributed by atoms with van der Waals surface area (Å²) in [4.78, 5) is 3.84. The van der Waals surface area contributed by atoms with Crippen LogP contribution in [0.1, 0.15) is 17.2 Å². The maximum atomic E-state index is 12.3. The molecule has 2 N–H and O–H groups in total. The van der Waals surface area contributed by atoms with E-state index in [4.69, 9.17) is 0 Å². The fourth-order valence-corrected chi connectivity index (χ4v) is 3.70. The lowest BCUT2D eigenvalue weighted by atomic mass is 10.1. The van der Waals surface area contributed by atoms with E-state index in [-0.39, 0.29) is 5.03 Å². The Morgan fingerprint density at radius 3 is 2.85 bits per heavy atom. The van der Waals surface area contributed by atoms with Crippen LogP contribution in [0.4, 0.5) is 0 Å². The van der Waals surface area contributed by atoms with Crippen LogP contribution in [0.15, 0.2) is 41.8 Å². The van der Waals surface area contributed by atoms with E-state index in [9.17, 15) is 13.5 Å². The summed E-state index contributed by atoms with van der Waals surface area (Å²) in [6.45, 7) is 0. The van der Waals surface area contributed by atoms with Gasteiger partial charge in [0.25, 0.3) is 10.0 Å². The molecule has 1 heterocycles. The second-order valence-electron chi connectivity index (χ2n) is 4.95. The van der Waals surface area contributed by atoms with Crippen molar-refractivity contribution in [2.24, 2.45) is 7.05 Å². The molecule has 0 saturated carbocycles. The molecule has 6 nitrogen and oxygen atoms in total. The van der Waals surface area contributed by atoms with Gasteiger partial charge in [-0.25, -0.2) is 13.4 Å². The molecule has 1 aromatic heterocycles. The predicted octanol–water partition coefficient (Wildman–Crippen LogP) is 0.357. The van der Waals surface area contributed by atoms with Crippen LogP contribution in [0.2, 0.25) is 0 Å². The monoisotopic (exact) mass is 293 g/mol. The maximum Gasteiger partial charge on any atom is 0.260 e. The first-order valence-electron chi connectivity index (χ1n) is 6.23. The SMILES string of the molecule is Cn1cnc(S(=O)(=O)N[C@H]2c3ccccc3C[C@H]2O)c1. The van der Waals surface area contributed by atoms with Gasteiger partial charge in [0.15, 0.2) is 5.03 Å². The Morgan fingerprint density at radius 2 is 2.15 bits per heavy atom. The summed E-state index contributed by atoms with van der Waals surface area (Å²) in [5, 5.41) is 10.0. The molecule has 0 bridgehead atoms. The number of hydrogen-bond acceptors (Lipinski definition) is 4. The maximum absolute atomic E-state index is 12.3. The fraction of sp³-hybridized carbons (Fsp3) is 0.308. The molecule has 106 valence electrons. The van der Waals surface area contributed by atoms with Crippen LogP contribution in [-0.2, 0) is 23.5 Å². The molecular formula is C13H15N3O3S. The highest BCUT2D eigenvalue weighted by atomic mass is 32.2. The summed E-state index contributed by atoms with van der Waals surface area (Å²) in [6.07, 6.45) is 2.54. The zero-order chi connectivity index (χ0) is 14.3. The molecule has 0 amide bonds. The number of nitrogens with zero attached hydrogens (tertiary/aromatic N) is 2. The van der Waals surface area contributed by atoms with Gasteiger partial charge >= 0.3 is 0 Å². The quantitative estimate of drug-likeness (QED) is 0.855. The molecule has 0 unspecified atom stereocenters. The van der Waals surface area contributed by atoms with Crippen molar-refractivity contribution in [1.29, 1.82) is 0 Å². The van der Waals surface area contributed by atoms with Gasteiger partial charge < -0.3 is 9.67 Å². The number of benzene rings is 1. The lowest BCUT2D eigenvalue weighted by Crippen LogP contribution is -2.34. The van der Waals surface area contributed by atoms with Crippen molar-refractivity contribution in [2.45, 2.75) is 23.6 Å². The zero-order valence-corrected chi connectivity index (χ0v) is 11.7. The molecule has 0 saturated heterocycles. The Kier molecular flexibility index (Phi) is 3.12. The topological polar surface area (TPSA) is 84.2 Å². The summed E-state index contributed by atoms with van der Waals surface area (Å²) in [6, 6.07) is 6.81. The van der Waals surface area contributed by atoms with Gasteiger partial charge in [-0.05, 0) is 11.1 Å². The van der Waals surface area contributed by atoms with E-state index in [2.05, 4.69) is 9.71 Å². The van der Waals surface area contributed by atoms with Crippen LogP contribution >= 0.6 is 0 Å². The predicted molar refractivity (Wildman–Crippen MR) is 72.4 cm³/mol. The summed E-state index contributed by atoms with van der Waals surface area (Å²) in [5.74, 6) is 0. The van der Waals surface area contributed by atoms with Crippen LogP contribution in [0, 0.1) is 0 Å². The van der Waals surface area contributed by atoms with Crippen LogP contribution in [0.5, 0.6) is 0 Å². The molecule has 2 aromatic rings. The minimum atomic E-state index is -3.74. The van der Waals surface area contributed by atoms with Gasteiger partial charge in [-0.15, -0.1) is 0 Å². The first kappa shape index (κ1) is 13.3. The minimum absolute atomic E-state index is 0.0448. The highest BCUT2D eigenvalue weighted by molar-refractivity contribution is 7.89. The van der Waals surface area contributed by atoms with Crippen molar-refractivity contribution >= 4 is 10.0 Å². The van der Waals surface area contributed by atoms with E-state index in [0.717, 1.165) is 11.1 Å². The average Bonchev–Trinajstić information content (AvgIpc) is 2.95. The summed E-state index contributed by atoms with van der Waals surface area (Å²) >= 11 is 0. The Labute approximate surface area is 117 Å². The van der Waals surface area contributed by atoms with Crippen molar-refractivity contribution < 1.29 is 13.5 Å². The number of aromatic nitrogens is 2. The number of aliphatic hydroxyl groups excluding tert-OH is 1. The van der Waals surface area contributed by atoms with Gasteiger partial charge in [0, 0.05) is 19.7 Å². The van der Waals surface area contributed by atoms with Crippen molar-refractivity contribution in [3.63, 3.8) is 0 Å². The number of hydrogen-bond donors (Lipinski definition) is 2. The number of fused-ring (bicyclic) bond motifs is 1. The van der Waals surface area contributed by atoms with Gasteiger partial charge in [0.1, 0.15) is 0 Å². The number of aryl methyl sites for hydroxylation is 1. The summed E-state index contributed by atoms with van der Waals surface area (Å²) in [7, 11) is -2.04. The molecule has 0 spiro atoms. The van der Waals surface area contributed by atoms with Crippen molar-refractivity contribution in [1.82, 2.24) is 14.3 Å². The van der Waals surface area contributed by atoms with Gasteiger partial charge in [-0.1, -0.05) is 24.3 Å². The Morgan fingerprint density at radius 1 is 1.40 bits per heavy atom.